The summed E-state index contributed by atoms with van der Waals surface area (Å²) in [7, 11) is 0. The van der Waals surface area contributed by atoms with Gasteiger partial charge in [0.2, 0.25) is 0 Å². The van der Waals surface area contributed by atoms with E-state index in [4.69, 9.17) is 0 Å². The Kier molecular flexibility index (Phi) is 5.99. The molecule has 4 aromatic rings. The van der Waals surface area contributed by atoms with Crippen molar-refractivity contribution in [3.63, 3.8) is 0 Å². The third-order valence-corrected chi connectivity index (χ3v) is 5.77. The number of rotatable bonds is 8. The summed E-state index contributed by atoms with van der Waals surface area (Å²) in [6.45, 7) is 5.49. The highest BCUT2D eigenvalue weighted by Gasteiger charge is 2.14. The van der Waals surface area contributed by atoms with E-state index in [-0.39, 0.29) is 5.91 Å². The van der Waals surface area contributed by atoms with Crippen LogP contribution in [0.3, 0.4) is 0 Å². The maximum absolute atomic E-state index is 12.4. The minimum Gasteiger partial charge on any atom is -0.369 e. The zero-order valence-corrected chi connectivity index (χ0v) is 17.7. The molecule has 0 saturated heterocycles. The van der Waals surface area contributed by atoms with E-state index < -0.39 is 0 Å². The molecule has 0 aliphatic heterocycles. The normalized spacial score (nSPS) is 11.0. The molecule has 30 heavy (non-hydrogen) atoms. The number of hydrogen-bond acceptors (Lipinski definition) is 7. The predicted molar refractivity (Wildman–Crippen MR) is 118 cm³/mol. The average molecular weight is 422 g/mol. The summed E-state index contributed by atoms with van der Waals surface area (Å²) in [6, 6.07) is 10.3. The van der Waals surface area contributed by atoms with Crippen molar-refractivity contribution in [2.24, 2.45) is 0 Å². The first kappa shape index (κ1) is 20.0. The molecule has 1 aromatic carbocycles. The van der Waals surface area contributed by atoms with Crippen molar-refractivity contribution >= 4 is 34.1 Å². The lowest BCUT2D eigenvalue weighted by Crippen LogP contribution is -2.27. The Labute approximate surface area is 178 Å². The lowest BCUT2D eigenvalue weighted by Gasteiger charge is -2.08. The summed E-state index contributed by atoms with van der Waals surface area (Å²) in [5.74, 6) is 0.662. The zero-order valence-electron chi connectivity index (χ0n) is 16.9. The second-order valence-corrected chi connectivity index (χ2v) is 8.10. The second-order valence-electron chi connectivity index (χ2n) is 6.89. The number of amides is 1. The topological polar surface area (TPSA) is 97.6 Å². The molecule has 0 radical (unpaired) electrons. The number of anilines is 1. The molecule has 0 aliphatic rings. The maximum Gasteiger partial charge on any atom is 0.263 e. The van der Waals surface area contributed by atoms with E-state index in [1.807, 2.05) is 32.0 Å². The molecular formula is C21H23N7OS. The number of thiazole rings is 1. The molecule has 0 atom stereocenters. The Bertz CT molecular complexity index is 1150. The highest BCUT2D eigenvalue weighted by molar-refractivity contribution is 7.13. The molecule has 0 spiro atoms. The molecule has 3 aromatic heterocycles. The van der Waals surface area contributed by atoms with Crippen molar-refractivity contribution in [2.45, 2.75) is 26.8 Å². The van der Waals surface area contributed by atoms with Gasteiger partial charge in [-0.2, -0.15) is 5.10 Å². The van der Waals surface area contributed by atoms with E-state index >= 15 is 0 Å². The van der Waals surface area contributed by atoms with Gasteiger partial charge in [-0.25, -0.2) is 19.6 Å². The van der Waals surface area contributed by atoms with Crippen molar-refractivity contribution in [2.75, 3.05) is 18.4 Å². The van der Waals surface area contributed by atoms with Gasteiger partial charge in [0.05, 0.1) is 28.8 Å². The van der Waals surface area contributed by atoms with Gasteiger partial charge in [-0.1, -0.05) is 30.3 Å². The van der Waals surface area contributed by atoms with Crippen LogP contribution in [0.15, 0.2) is 42.9 Å². The lowest BCUT2D eigenvalue weighted by molar-refractivity contribution is 0.0955. The van der Waals surface area contributed by atoms with E-state index in [0.717, 1.165) is 40.5 Å². The largest absolute Gasteiger partial charge is 0.369 e. The molecule has 0 saturated carbocycles. The SMILES string of the molecule is Cc1nc(C)c(C(=O)NCCn2ncc3c(NCCc4ccccc4)ncnc32)s1. The van der Waals surface area contributed by atoms with Gasteiger partial charge in [0.25, 0.3) is 5.91 Å². The molecule has 0 aliphatic carbocycles. The standard InChI is InChI=1S/C21H23N7OS/c1-14-18(30-15(2)27-14)21(29)23-10-11-28-20-17(12-26-28)19(24-13-25-20)22-9-8-16-6-4-3-5-7-16/h3-7,12-13H,8-11H2,1-2H3,(H,23,29)(H,22,24,25). The van der Waals surface area contributed by atoms with Gasteiger partial charge in [-0.15, -0.1) is 11.3 Å². The number of aryl methyl sites for hydroxylation is 2. The number of benzene rings is 1. The first-order chi connectivity index (χ1) is 14.6. The number of fused-ring (bicyclic) bond motifs is 1. The minimum atomic E-state index is -0.104. The molecule has 2 N–H and O–H groups in total. The number of carbonyl (C=O) groups excluding carboxylic acids is 1. The van der Waals surface area contributed by atoms with E-state index in [1.54, 1.807) is 10.9 Å². The minimum absolute atomic E-state index is 0.104. The quantitative estimate of drug-likeness (QED) is 0.454. The van der Waals surface area contributed by atoms with E-state index in [9.17, 15) is 4.79 Å². The van der Waals surface area contributed by atoms with Gasteiger partial charge in [-0.05, 0) is 25.8 Å². The molecule has 3 heterocycles. The Morgan fingerprint density at radius 3 is 2.73 bits per heavy atom. The predicted octanol–water partition coefficient (Wildman–Crippen LogP) is 2.98. The van der Waals surface area contributed by atoms with Crippen molar-refractivity contribution < 1.29 is 4.79 Å². The molecule has 4 rings (SSSR count). The fourth-order valence-corrected chi connectivity index (χ4v) is 4.10. The van der Waals surface area contributed by atoms with Crippen LogP contribution in [0.1, 0.15) is 25.9 Å². The van der Waals surface area contributed by atoms with Gasteiger partial charge in [0, 0.05) is 13.1 Å². The highest BCUT2D eigenvalue weighted by Crippen LogP contribution is 2.19. The van der Waals surface area contributed by atoms with Crippen LogP contribution in [0, 0.1) is 13.8 Å². The molecule has 1 amide bonds. The van der Waals surface area contributed by atoms with Crippen LogP contribution in [0.4, 0.5) is 5.82 Å². The van der Waals surface area contributed by atoms with E-state index in [2.05, 4.69) is 42.8 Å². The smallest absolute Gasteiger partial charge is 0.263 e. The number of aromatic nitrogens is 5. The average Bonchev–Trinajstić information content (AvgIpc) is 3.32. The van der Waals surface area contributed by atoms with Crippen LogP contribution in [0.25, 0.3) is 11.0 Å². The molecule has 0 fully saturated rings. The molecule has 154 valence electrons. The Balaban J connectivity index is 1.36. The fourth-order valence-electron chi connectivity index (χ4n) is 3.26. The van der Waals surface area contributed by atoms with Gasteiger partial charge < -0.3 is 10.6 Å². The highest BCUT2D eigenvalue weighted by atomic mass is 32.1. The summed E-state index contributed by atoms with van der Waals surface area (Å²) in [5, 5.41) is 12.5. The molecular weight excluding hydrogens is 398 g/mol. The van der Waals surface area contributed by atoms with Gasteiger partial charge in [0.15, 0.2) is 5.65 Å². The number of carbonyl (C=O) groups is 1. The van der Waals surface area contributed by atoms with E-state index in [1.165, 1.54) is 23.2 Å². The first-order valence-electron chi connectivity index (χ1n) is 9.78. The van der Waals surface area contributed by atoms with Crippen molar-refractivity contribution in [3.8, 4) is 0 Å². The number of hydrogen-bond donors (Lipinski definition) is 2. The summed E-state index contributed by atoms with van der Waals surface area (Å²) < 4.78 is 1.78. The van der Waals surface area contributed by atoms with Crippen molar-refractivity contribution in [3.05, 3.63) is 64.0 Å². The van der Waals surface area contributed by atoms with Crippen LogP contribution in [0.5, 0.6) is 0 Å². The van der Waals surface area contributed by atoms with Crippen molar-refractivity contribution in [1.29, 1.82) is 0 Å². The van der Waals surface area contributed by atoms with Crippen LogP contribution in [-0.4, -0.2) is 43.7 Å². The Morgan fingerprint density at radius 1 is 1.13 bits per heavy atom. The van der Waals surface area contributed by atoms with Crippen LogP contribution < -0.4 is 10.6 Å². The third-order valence-electron chi connectivity index (χ3n) is 4.70. The Morgan fingerprint density at radius 2 is 1.97 bits per heavy atom. The van der Waals surface area contributed by atoms with Crippen LogP contribution in [-0.2, 0) is 13.0 Å². The molecule has 9 heteroatoms. The summed E-state index contributed by atoms with van der Waals surface area (Å²) >= 11 is 1.41. The second kappa shape index (κ2) is 9.00. The Hall–Kier alpha value is -3.33. The first-order valence-corrected chi connectivity index (χ1v) is 10.6. The number of nitrogens with one attached hydrogen (secondary N) is 2. The monoisotopic (exact) mass is 421 g/mol. The fraction of sp³-hybridized carbons (Fsp3) is 0.286. The number of nitrogens with zero attached hydrogens (tertiary/aromatic N) is 5. The molecule has 0 unspecified atom stereocenters. The van der Waals surface area contributed by atoms with Crippen LogP contribution in [0.2, 0.25) is 0 Å². The van der Waals surface area contributed by atoms with Crippen molar-refractivity contribution in [1.82, 2.24) is 30.0 Å². The van der Waals surface area contributed by atoms with E-state index in [0.29, 0.717) is 18.0 Å². The summed E-state index contributed by atoms with van der Waals surface area (Å²) in [6.07, 6.45) is 4.20. The molecule has 0 bridgehead atoms. The molecule has 8 nitrogen and oxygen atoms in total. The summed E-state index contributed by atoms with van der Waals surface area (Å²) in [5.41, 5.74) is 2.78. The summed E-state index contributed by atoms with van der Waals surface area (Å²) in [4.78, 5) is 26.0. The van der Waals surface area contributed by atoms with Crippen LogP contribution >= 0.6 is 11.3 Å². The third kappa shape index (κ3) is 4.46. The lowest BCUT2D eigenvalue weighted by atomic mass is 10.1. The maximum atomic E-state index is 12.4. The van der Waals surface area contributed by atoms with Gasteiger partial charge >= 0.3 is 0 Å². The van der Waals surface area contributed by atoms with Gasteiger partial charge in [0.1, 0.15) is 17.0 Å². The zero-order chi connectivity index (χ0) is 20.9. The van der Waals surface area contributed by atoms with Gasteiger partial charge in [-0.3, -0.25) is 4.79 Å².